The number of thiazole rings is 1. The van der Waals surface area contributed by atoms with E-state index in [0.717, 1.165) is 21.0 Å². The summed E-state index contributed by atoms with van der Waals surface area (Å²) in [6.45, 7) is 0.664. The standard InChI is InChI=1S/C12H17N3O2S/c1-17-7-9(4-5-16)14-12-15-10-3-2-8(13)6-11(10)18-12/h2-3,6,9,16H,4-5,7,13H2,1H3,(H,14,15). The van der Waals surface area contributed by atoms with Crippen LogP contribution in [0.3, 0.4) is 0 Å². The van der Waals surface area contributed by atoms with Gasteiger partial charge in [-0.05, 0) is 24.6 Å². The monoisotopic (exact) mass is 267 g/mol. The van der Waals surface area contributed by atoms with Gasteiger partial charge in [-0.25, -0.2) is 4.98 Å². The van der Waals surface area contributed by atoms with Crippen LogP contribution >= 0.6 is 11.3 Å². The highest BCUT2D eigenvalue weighted by molar-refractivity contribution is 7.22. The van der Waals surface area contributed by atoms with E-state index in [1.165, 1.54) is 0 Å². The number of hydrogen-bond acceptors (Lipinski definition) is 6. The number of aliphatic hydroxyl groups is 1. The van der Waals surface area contributed by atoms with Gasteiger partial charge in [0.25, 0.3) is 0 Å². The number of nitrogen functional groups attached to an aromatic ring is 1. The molecule has 0 aliphatic rings. The molecule has 4 N–H and O–H groups in total. The lowest BCUT2D eigenvalue weighted by Crippen LogP contribution is -2.25. The molecule has 0 saturated carbocycles. The second-order valence-electron chi connectivity index (χ2n) is 4.06. The van der Waals surface area contributed by atoms with Crippen LogP contribution in [0.25, 0.3) is 10.2 Å². The van der Waals surface area contributed by atoms with Gasteiger partial charge in [0.1, 0.15) is 0 Å². The maximum Gasteiger partial charge on any atom is 0.184 e. The number of aromatic nitrogens is 1. The summed E-state index contributed by atoms with van der Waals surface area (Å²) in [5.41, 5.74) is 7.40. The largest absolute Gasteiger partial charge is 0.399 e. The lowest BCUT2D eigenvalue weighted by atomic mass is 10.2. The van der Waals surface area contributed by atoms with Gasteiger partial charge in [-0.3, -0.25) is 0 Å². The summed E-state index contributed by atoms with van der Waals surface area (Å²) in [6.07, 6.45) is 0.631. The first kappa shape index (κ1) is 13.1. The van der Waals surface area contributed by atoms with E-state index < -0.39 is 0 Å². The van der Waals surface area contributed by atoms with Crippen LogP contribution < -0.4 is 11.1 Å². The van der Waals surface area contributed by atoms with Crippen molar-refractivity contribution < 1.29 is 9.84 Å². The molecule has 18 heavy (non-hydrogen) atoms. The van der Waals surface area contributed by atoms with Gasteiger partial charge in [0, 0.05) is 19.4 Å². The average Bonchev–Trinajstić information content (AvgIpc) is 2.71. The van der Waals surface area contributed by atoms with E-state index in [1.807, 2.05) is 18.2 Å². The number of benzene rings is 1. The molecule has 2 rings (SSSR count). The average molecular weight is 267 g/mol. The van der Waals surface area contributed by atoms with Crippen LogP contribution in [0, 0.1) is 0 Å². The summed E-state index contributed by atoms with van der Waals surface area (Å²) < 4.78 is 6.16. The Morgan fingerprint density at radius 3 is 3.11 bits per heavy atom. The SMILES string of the molecule is COCC(CCO)Nc1nc2ccc(N)cc2s1. The molecule has 0 amide bonds. The third-order valence-electron chi connectivity index (χ3n) is 2.59. The number of aliphatic hydroxyl groups excluding tert-OH is 1. The third-order valence-corrected chi connectivity index (χ3v) is 3.53. The molecule has 0 spiro atoms. The molecule has 1 unspecified atom stereocenters. The van der Waals surface area contributed by atoms with Crippen molar-refractivity contribution >= 4 is 32.4 Å². The number of anilines is 2. The van der Waals surface area contributed by atoms with Crippen LogP contribution in [0.5, 0.6) is 0 Å². The molecule has 1 atom stereocenters. The van der Waals surface area contributed by atoms with Crippen LogP contribution in [0.4, 0.5) is 10.8 Å². The Kier molecular flexibility index (Phi) is 4.35. The topological polar surface area (TPSA) is 80.4 Å². The molecule has 1 aromatic heterocycles. The minimum absolute atomic E-state index is 0.0675. The molecule has 1 heterocycles. The Balaban J connectivity index is 2.14. The zero-order valence-corrected chi connectivity index (χ0v) is 11.0. The molecule has 1 aromatic carbocycles. The fraction of sp³-hybridized carbons (Fsp3) is 0.417. The highest BCUT2D eigenvalue weighted by atomic mass is 32.1. The van der Waals surface area contributed by atoms with Gasteiger partial charge >= 0.3 is 0 Å². The van der Waals surface area contributed by atoms with Gasteiger partial charge in [-0.1, -0.05) is 11.3 Å². The highest BCUT2D eigenvalue weighted by Crippen LogP contribution is 2.28. The van der Waals surface area contributed by atoms with Crippen LogP contribution in [-0.2, 0) is 4.74 Å². The Labute approximate surface area is 110 Å². The van der Waals surface area contributed by atoms with E-state index in [9.17, 15) is 0 Å². The van der Waals surface area contributed by atoms with Crippen molar-refractivity contribution in [3.05, 3.63) is 18.2 Å². The predicted octanol–water partition coefficient (Wildman–Crippen LogP) is 1.69. The Hall–Kier alpha value is -1.37. The van der Waals surface area contributed by atoms with Crippen LogP contribution in [0.15, 0.2) is 18.2 Å². The van der Waals surface area contributed by atoms with E-state index >= 15 is 0 Å². The maximum atomic E-state index is 8.99. The molecule has 0 radical (unpaired) electrons. The summed E-state index contributed by atoms with van der Waals surface area (Å²) in [7, 11) is 1.64. The van der Waals surface area contributed by atoms with E-state index in [4.69, 9.17) is 15.6 Å². The van der Waals surface area contributed by atoms with Gasteiger partial charge in [0.15, 0.2) is 5.13 Å². The Bertz CT molecular complexity index is 509. The molecule has 6 heteroatoms. The van der Waals surface area contributed by atoms with Crippen molar-refractivity contribution in [2.24, 2.45) is 0 Å². The molecule has 0 bridgehead atoms. The number of fused-ring (bicyclic) bond motifs is 1. The molecule has 98 valence electrons. The van der Waals surface area contributed by atoms with Crippen LogP contribution in [-0.4, -0.2) is 36.5 Å². The molecule has 2 aromatic rings. The summed E-state index contributed by atoms with van der Waals surface area (Å²) in [6, 6.07) is 5.73. The van der Waals surface area contributed by atoms with E-state index in [0.29, 0.717) is 13.0 Å². The van der Waals surface area contributed by atoms with Gasteiger partial charge in [0.05, 0.1) is 22.9 Å². The molecule has 0 saturated heterocycles. The number of ether oxygens (including phenoxy) is 1. The fourth-order valence-corrected chi connectivity index (χ4v) is 2.72. The van der Waals surface area contributed by atoms with Crippen molar-refractivity contribution in [2.75, 3.05) is 31.4 Å². The fourth-order valence-electron chi connectivity index (χ4n) is 1.73. The van der Waals surface area contributed by atoms with Crippen LogP contribution in [0.2, 0.25) is 0 Å². The maximum absolute atomic E-state index is 8.99. The van der Waals surface area contributed by atoms with Crippen molar-refractivity contribution in [1.82, 2.24) is 4.98 Å². The molecule has 0 aliphatic carbocycles. The molecule has 0 fully saturated rings. The molecule has 0 aliphatic heterocycles. The summed E-state index contributed by atoms with van der Waals surface area (Å²) in [5, 5.41) is 13.1. The number of nitrogens with one attached hydrogen (secondary N) is 1. The lowest BCUT2D eigenvalue weighted by molar-refractivity contribution is 0.170. The number of nitrogens with two attached hydrogens (primary N) is 1. The zero-order valence-electron chi connectivity index (χ0n) is 10.2. The van der Waals surface area contributed by atoms with Gasteiger partial charge in [-0.2, -0.15) is 0 Å². The smallest absolute Gasteiger partial charge is 0.184 e. The van der Waals surface area contributed by atoms with Crippen molar-refractivity contribution in [3.8, 4) is 0 Å². The highest BCUT2D eigenvalue weighted by Gasteiger charge is 2.11. The summed E-state index contributed by atoms with van der Waals surface area (Å²) in [5.74, 6) is 0. The van der Waals surface area contributed by atoms with Crippen molar-refractivity contribution in [2.45, 2.75) is 12.5 Å². The quantitative estimate of drug-likeness (QED) is 0.694. The van der Waals surface area contributed by atoms with Crippen molar-refractivity contribution in [3.63, 3.8) is 0 Å². The molecular weight excluding hydrogens is 250 g/mol. The lowest BCUT2D eigenvalue weighted by Gasteiger charge is -2.15. The first-order valence-electron chi connectivity index (χ1n) is 5.75. The minimum atomic E-state index is 0.0675. The minimum Gasteiger partial charge on any atom is -0.399 e. The van der Waals surface area contributed by atoms with E-state index in [-0.39, 0.29) is 12.6 Å². The van der Waals surface area contributed by atoms with Crippen molar-refractivity contribution in [1.29, 1.82) is 0 Å². The number of nitrogens with zero attached hydrogens (tertiary/aromatic N) is 1. The summed E-state index contributed by atoms with van der Waals surface area (Å²) >= 11 is 1.55. The number of methoxy groups -OCH3 is 1. The molecule has 5 nitrogen and oxygen atoms in total. The van der Waals surface area contributed by atoms with Gasteiger partial charge < -0.3 is 20.9 Å². The second-order valence-corrected chi connectivity index (χ2v) is 5.09. The third kappa shape index (κ3) is 3.10. The zero-order chi connectivity index (χ0) is 13.0. The van der Waals surface area contributed by atoms with E-state index in [1.54, 1.807) is 18.4 Å². The first-order chi connectivity index (χ1) is 8.72. The van der Waals surface area contributed by atoms with E-state index in [2.05, 4.69) is 10.3 Å². The predicted molar refractivity (Wildman–Crippen MR) is 75.0 cm³/mol. The normalized spacial score (nSPS) is 12.8. The number of hydrogen-bond donors (Lipinski definition) is 3. The Morgan fingerprint density at radius 2 is 2.39 bits per heavy atom. The van der Waals surface area contributed by atoms with Crippen LogP contribution in [0.1, 0.15) is 6.42 Å². The Morgan fingerprint density at radius 1 is 1.56 bits per heavy atom. The summed E-state index contributed by atoms with van der Waals surface area (Å²) in [4.78, 5) is 4.47. The number of rotatable bonds is 6. The second kappa shape index (κ2) is 5.99. The molecular formula is C12H17N3O2S. The van der Waals surface area contributed by atoms with Gasteiger partial charge in [0.2, 0.25) is 0 Å². The van der Waals surface area contributed by atoms with Gasteiger partial charge in [-0.15, -0.1) is 0 Å². The first-order valence-corrected chi connectivity index (χ1v) is 6.57.